The van der Waals surface area contributed by atoms with E-state index in [4.69, 9.17) is 0 Å². The zero-order chi connectivity index (χ0) is 17.8. The summed E-state index contributed by atoms with van der Waals surface area (Å²) in [6.07, 6.45) is 4.96. The van der Waals surface area contributed by atoms with E-state index in [1.165, 1.54) is 49.9 Å². The van der Waals surface area contributed by atoms with Crippen LogP contribution in [0, 0.1) is 39.7 Å². The Kier molecular flexibility index (Phi) is 4.40. The zero-order valence-electron chi connectivity index (χ0n) is 13.7. The van der Waals surface area contributed by atoms with E-state index in [-0.39, 0.29) is 10.6 Å². The van der Waals surface area contributed by atoms with Gasteiger partial charge in [0.1, 0.15) is 0 Å². The Morgan fingerprint density at radius 3 is 2.48 bits per heavy atom. The topological polar surface area (TPSA) is 89.3 Å². The van der Waals surface area contributed by atoms with Crippen LogP contribution >= 0.6 is 15.9 Å². The molecule has 1 aromatic carbocycles. The first-order valence-corrected chi connectivity index (χ1v) is 11.1. The van der Waals surface area contributed by atoms with Crippen molar-refractivity contribution >= 4 is 31.6 Å². The van der Waals surface area contributed by atoms with Crippen LogP contribution in [0.4, 0.5) is 5.69 Å². The molecule has 8 heteroatoms. The molecule has 1 aromatic rings. The molecule has 2 unspecified atom stereocenters. The number of nitro groups is 1. The largest absolute Gasteiger partial charge is 0.269 e. The number of hydrogen-bond acceptors (Lipinski definition) is 4. The van der Waals surface area contributed by atoms with Crippen LogP contribution in [0.5, 0.6) is 0 Å². The number of alkyl halides is 1. The Hall–Kier alpha value is -0.990. The first-order chi connectivity index (χ1) is 11.8. The quantitative estimate of drug-likeness (QED) is 0.442. The third-order valence-electron chi connectivity index (χ3n) is 6.36. The van der Waals surface area contributed by atoms with Crippen molar-refractivity contribution in [1.29, 1.82) is 0 Å². The van der Waals surface area contributed by atoms with Crippen LogP contribution in [0.3, 0.4) is 0 Å². The van der Waals surface area contributed by atoms with Crippen molar-refractivity contribution < 1.29 is 13.3 Å². The maximum Gasteiger partial charge on any atom is 0.269 e. The average molecular weight is 429 g/mol. The van der Waals surface area contributed by atoms with Gasteiger partial charge in [0.05, 0.1) is 9.82 Å². The average Bonchev–Trinajstić information content (AvgIpc) is 2.58. The van der Waals surface area contributed by atoms with Crippen molar-refractivity contribution in [3.05, 3.63) is 34.4 Å². The number of nitro benzene ring substituents is 1. The first-order valence-electron chi connectivity index (χ1n) is 8.73. The summed E-state index contributed by atoms with van der Waals surface area (Å²) < 4.78 is 27.8. The molecule has 0 heterocycles. The number of nitrogens with zero attached hydrogens (tertiary/aromatic N) is 1. The smallest absolute Gasteiger partial charge is 0.258 e. The van der Waals surface area contributed by atoms with E-state index in [1.54, 1.807) is 0 Å². The second-order valence-corrected chi connectivity index (χ2v) is 10.5. The molecule has 4 bridgehead atoms. The predicted octanol–water partition coefficient (Wildman–Crippen LogP) is 3.32. The SMILES string of the molecule is O=[N+]([O-])c1ccc(S(=O)(=O)NCC2[C@@H]3C[C@H]4C[C@@H](C3)C(Br)[C@@H]2C4)cc1. The fourth-order valence-corrected chi connectivity index (χ4v) is 7.43. The molecule has 0 saturated heterocycles. The molecule has 0 aliphatic heterocycles. The van der Waals surface area contributed by atoms with Crippen molar-refractivity contribution in [2.45, 2.75) is 35.4 Å². The molecule has 5 rings (SSSR count). The lowest BCUT2D eigenvalue weighted by molar-refractivity contribution is -0.384. The standard InChI is InChI=1S/C17H21BrN2O4S/c18-17-12-6-10-5-11(8-12)16(15(17)7-10)9-19-25(23,24)14-3-1-13(2-4-14)20(21)22/h1-4,10-12,15-17,19H,5-9H2/t10-,11+,12-,15+,16?,17?/m0/s1. The van der Waals surface area contributed by atoms with Crippen LogP contribution in [-0.4, -0.2) is 24.7 Å². The number of benzene rings is 1. The molecule has 0 amide bonds. The van der Waals surface area contributed by atoms with Crippen LogP contribution in [0.2, 0.25) is 0 Å². The van der Waals surface area contributed by atoms with Gasteiger partial charge in [-0.15, -0.1) is 0 Å². The van der Waals surface area contributed by atoms with Gasteiger partial charge in [-0.2, -0.15) is 0 Å². The Morgan fingerprint density at radius 2 is 1.80 bits per heavy atom. The minimum Gasteiger partial charge on any atom is -0.258 e. The van der Waals surface area contributed by atoms with Gasteiger partial charge < -0.3 is 0 Å². The summed E-state index contributed by atoms with van der Waals surface area (Å²) in [5.74, 6) is 3.13. The van der Waals surface area contributed by atoms with E-state index in [1.807, 2.05) is 0 Å². The Balaban J connectivity index is 1.46. The molecule has 6 nitrogen and oxygen atoms in total. The van der Waals surface area contributed by atoms with Crippen molar-refractivity contribution in [1.82, 2.24) is 4.72 Å². The normalized spacial score (nSPS) is 36.5. The third kappa shape index (κ3) is 3.13. The highest BCUT2D eigenvalue weighted by molar-refractivity contribution is 9.09. The van der Waals surface area contributed by atoms with E-state index in [2.05, 4.69) is 20.7 Å². The summed E-state index contributed by atoms with van der Waals surface area (Å²) in [7, 11) is -3.64. The number of nitrogens with one attached hydrogen (secondary N) is 1. The van der Waals surface area contributed by atoms with E-state index >= 15 is 0 Å². The molecule has 0 aromatic heterocycles. The summed E-state index contributed by atoms with van der Waals surface area (Å²) in [6.45, 7) is 0.455. The summed E-state index contributed by atoms with van der Waals surface area (Å²) in [6, 6.07) is 5.05. The van der Waals surface area contributed by atoms with Gasteiger partial charge in [-0.1, -0.05) is 15.9 Å². The van der Waals surface area contributed by atoms with E-state index in [9.17, 15) is 18.5 Å². The molecule has 0 spiro atoms. The lowest BCUT2D eigenvalue weighted by Crippen LogP contribution is -2.54. The van der Waals surface area contributed by atoms with Crippen molar-refractivity contribution in [3.63, 3.8) is 0 Å². The predicted molar refractivity (Wildman–Crippen MR) is 96.9 cm³/mol. The Morgan fingerprint density at radius 1 is 1.12 bits per heavy atom. The Labute approximate surface area is 155 Å². The highest BCUT2D eigenvalue weighted by atomic mass is 79.9. The van der Waals surface area contributed by atoms with Gasteiger partial charge in [0.2, 0.25) is 10.0 Å². The van der Waals surface area contributed by atoms with E-state index < -0.39 is 14.9 Å². The van der Waals surface area contributed by atoms with Crippen molar-refractivity contribution in [3.8, 4) is 0 Å². The fourth-order valence-electron chi connectivity index (χ4n) is 5.32. The van der Waals surface area contributed by atoms with E-state index in [0.717, 1.165) is 11.8 Å². The maximum absolute atomic E-state index is 12.5. The molecule has 4 aliphatic rings. The highest BCUT2D eigenvalue weighted by Gasteiger charge is 2.52. The third-order valence-corrected chi connectivity index (χ3v) is 9.23. The molecule has 1 N–H and O–H groups in total. The van der Waals surface area contributed by atoms with Crippen molar-refractivity contribution in [2.24, 2.45) is 29.6 Å². The molecule has 4 fully saturated rings. The van der Waals surface area contributed by atoms with Crippen LogP contribution in [0.1, 0.15) is 25.7 Å². The number of non-ortho nitro benzene ring substituents is 1. The molecule has 6 atom stereocenters. The lowest BCUT2D eigenvalue weighted by Gasteiger charge is -2.57. The molecular weight excluding hydrogens is 408 g/mol. The number of halogens is 1. The highest BCUT2D eigenvalue weighted by Crippen LogP contribution is 2.58. The monoisotopic (exact) mass is 428 g/mol. The summed E-state index contributed by atoms with van der Waals surface area (Å²) in [5.41, 5.74) is -0.109. The van der Waals surface area contributed by atoms with Crippen molar-refractivity contribution in [2.75, 3.05) is 6.54 Å². The van der Waals surface area contributed by atoms with Gasteiger partial charge in [-0.3, -0.25) is 10.1 Å². The molecule has 4 aliphatic carbocycles. The summed E-state index contributed by atoms with van der Waals surface area (Å²) in [5, 5.41) is 10.7. The second kappa shape index (κ2) is 6.32. The minimum atomic E-state index is -3.64. The van der Waals surface area contributed by atoms with Gasteiger partial charge in [0.25, 0.3) is 5.69 Å². The fraction of sp³-hybridized carbons (Fsp3) is 0.647. The molecule has 0 radical (unpaired) electrons. The zero-order valence-corrected chi connectivity index (χ0v) is 16.1. The Bertz CT molecular complexity index is 782. The van der Waals surface area contributed by atoms with Gasteiger partial charge in [-0.25, -0.2) is 13.1 Å². The second-order valence-electron chi connectivity index (χ2n) is 7.70. The number of hydrogen-bond donors (Lipinski definition) is 1. The first kappa shape index (κ1) is 17.4. The molecule has 25 heavy (non-hydrogen) atoms. The maximum atomic E-state index is 12.5. The van der Waals surface area contributed by atoms with Gasteiger partial charge >= 0.3 is 0 Å². The molecule has 136 valence electrons. The summed E-state index contributed by atoms with van der Waals surface area (Å²) >= 11 is 3.87. The number of rotatable bonds is 5. The van der Waals surface area contributed by atoms with Gasteiger partial charge in [0.15, 0.2) is 0 Å². The lowest BCUT2D eigenvalue weighted by atomic mass is 9.52. The van der Waals surface area contributed by atoms with Gasteiger partial charge in [0, 0.05) is 23.5 Å². The number of sulfonamides is 1. The van der Waals surface area contributed by atoms with Gasteiger partial charge in [-0.05, 0) is 67.4 Å². The minimum absolute atomic E-state index is 0.0808. The molecule has 4 saturated carbocycles. The van der Waals surface area contributed by atoms with Crippen LogP contribution < -0.4 is 4.72 Å². The summed E-state index contributed by atoms with van der Waals surface area (Å²) in [4.78, 5) is 10.8. The van der Waals surface area contributed by atoms with Crippen LogP contribution in [0.25, 0.3) is 0 Å². The van der Waals surface area contributed by atoms with Crippen LogP contribution in [0.15, 0.2) is 29.2 Å². The van der Waals surface area contributed by atoms with E-state index in [0.29, 0.717) is 29.1 Å². The van der Waals surface area contributed by atoms with Crippen LogP contribution in [-0.2, 0) is 10.0 Å². The molecular formula is C17H21BrN2O4S.